The highest BCUT2D eigenvalue weighted by Crippen LogP contribution is 2.38. The standard InChI is InChI=1S/C14H18OS2/c1-14(15,13-16-10-5-11-17-13)9-8-12-6-3-2-4-7-12/h2-4,6-9,13,15H,5,10-11H2,1H3/b9-8+. The zero-order valence-electron chi connectivity index (χ0n) is 10.0. The Bertz CT molecular complexity index is 367. The number of aliphatic hydroxyl groups is 1. The van der Waals surface area contributed by atoms with Gasteiger partial charge in [-0.25, -0.2) is 0 Å². The molecule has 1 N–H and O–H groups in total. The SMILES string of the molecule is CC(O)(/C=C/c1ccccc1)C1SCCCS1. The fraction of sp³-hybridized carbons (Fsp3) is 0.429. The second-order valence-electron chi connectivity index (χ2n) is 4.40. The number of hydrogen-bond acceptors (Lipinski definition) is 3. The molecule has 1 saturated heterocycles. The van der Waals surface area contributed by atoms with Gasteiger partial charge >= 0.3 is 0 Å². The Morgan fingerprint density at radius 2 is 1.88 bits per heavy atom. The van der Waals surface area contributed by atoms with Crippen molar-refractivity contribution in [3.05, 3.63) is 42.0 Å². The van der Waals surface area contributed by atoms with Gasteiger partial charge in [0.15, 0.2) is 0 Å². The van der Waals surface area contributed by atoms with Crippen LogP contribution in [0.3, 0.4) is 0 Å². The van der Waals surface area contributed by atoms with Gasteiger partial charge in [0.05, 0.1) is 4.58 Å². The molecule has 1 fully saturated rings. The van der Waals surface area contributed by atoms with Crippen LogP contribution in [-0.4, -0.2) is 26.8 Å². The molecule has 1 atom stereocenters. The van der Waals surface area contributed by atoms with Crippen LogP contribution in [0.15, 0.2) is 36.4 Å². The molecule has 0 aliphatic carbocycles. The first-order valence-corrected chi connectivity index (χ1v) is 7.98. The van der Waals surface area contributed by atoms with Crippen molar-refractivity contribution in [2.75, 3.05) is 11.5 Å². The predicted molar refractivity (Wildman–Crippen MR) is 79.4 cm³/mol. The lowest BCUT2D eigenvalue weighted by molar-refractivity contribution is 0.131. The highest BCUT2D eigenvalue weighted by Gasteiger charge is 2.31. The van der Waals surface area contributed by atoms with Gasteiger partial charge in [-0.2, -0.15) is 0 Å². The summed E-state index contributed by atoms with van der Waals surface area (Å²) in [6, 6.07) is 10.1. The van der Waals surface area contributed by atoms with Crippen molar-refractivity contribution < 1.29 is 5.11 Å². The third-order valence-electron chi connectivity index (χ3n) is 2.72. The van der Waals surface area contributed by atoms with E-state index in [2.05, 4.69) is 0 Å². The van der Waals surface area contributed by atoms with Crippen molar-refractivity contribution in [2.24, 2.45) is 0 Å². The van der Waals surface area contributed by atoms with E-state index in [1.165, 1.54) is 6.42 Å². The lowest BCUT2D eigenvalue weighted by Crippen LogP contribution is -2.34. The van der Waals surface area contributed by atoms with E-state index in [1.54, 1.807) is 0 Å². The van der Waals surface area contributed by atoms with Crippen LogP contribution in [0, 0.1) is 0 Å². The molecule has 2 rings (SSSR count). The molecule has 0 saturated carbocycles. The van der Waals surface area contributed by atoms with Crippen molar-refractivity contribution in [3.63, 3.8) is 0 Å². The van der Waals surface area contributed by atoms with Crippen LogP contribution in [0.5, 0.6) is 0 Å². The van der Waals surface area contributed by atoms with Gasteiger partial charge in [-0.1, -0.05) is 42.5 Å². The topological polar surface area (TPSA) is 20.2 Å². The van der Waals surface area contributed by atoms with Gasteiger partial charge in [0, 0.05) is 0 Å². The summed E-state index contributed by atoms with van der Waals surface area (Å²) in [5.74, 6) is 2.32. The van der Waals surface area contributed by atoms with E-state index < -0.39 is 5.60 Å². The zero-order valence-corrected chi connectivity index (χ0v) is 11.6. The van der Waals surface area contributed by atoms with Crippen LogP contribution in [0.2, 0.25) is 0 Å². The average Bonchev–Trinajstić information content (AvgIpc) is 2.39. The summed E-state index contributed by atoms with van der Waals surface area (Å²) < 4.78 is 0.260. The highest BCUT2D eigenvalue weighted by atomic mass is 32.2. The van der Waals surface area contributed by atoms with Crippen molar-refractivity contribution in [1.82, 2.24) is 0 Å². The molecule has 3 heteroatoms. The van der Waals surface area contributed by atoms with E-state index in [0.717, 1.165) is 17.1 Å². The largest absolute Gasteiger partial charge is 0.384 e. The average molecular weight is 266 g/mol. The first kappa shape index (κ1) is 13.1. The Kier molecular flexibility index (Phi) is 4.60. The molecule has 0 bridgehead atoms. The molecule has 92 valence electrons. The Morgan fingerprint density at radius 1 is 1.24 bits per heavy atom. The fourth-order valence-corrected chi connectivity index (χ4v) is 4.76. The van der Waals surface area contributed by atoms with E-state index in [9.17, 15) is 5.11 Å². The summed E-state index contributed by atoms with van der Waals surface area (Å²) in [7, 11) is 0. The van der Waals surface area contributed by atoms with Gasteiger partial charge in [0.2, 0.25) is 0 Å². The van der Waals surface area contributed by atoms with Crippen LogP contribution in [0.1, 0.15) is 18.9 Å². The number of hydrogen-bond donors (Lipinski definition) is 1. The first-order valence-electron chi connectivity index (χ1n) is 5.88. The van der Waals surface area contributed by atoms with Crippen LogP contribution < -0.4 is 0 Å². The molecule has 1 aromatic rings. The normalized spacial score (nSPS) is 21.5. The minimum Gasteiger partial charge on any atom is -0.384 e. The van der Waals surface area contributed by atoms with Crippen LogP contribution in [0.25, 0.3) is 6.08 Å². The Labute approximate surface area is 112 Å². The number of benzene rings is 1. The van der Waals surface area contributed by atoms with Gasteiger partial charge in [-0.05, 0) is 30.4 Å². The molecule has 0 radical (unpaired) electrons. The maximum atomic E-state index is 10.5. The number of rotatable bonds is 3. The van der Waals surface area contributed by atoms with Crippen molar-refractivity contribution >= 4 is 29.6 Å². The van der Waals surface area contributed by atoms with Gasteiger partial charge in [0.25, 0.3) is 0 Å². The summed E-state index contributed by atoms with van der Waals surface area (Å²) >= 11 is 3.73. The molecular formula is C14H18OS2. The lowest BCUT2D eigenvalue weighted by Gasteiger charge is -2.32. The monoisotopic (exact) mass is 266 g/mol. The van der Waals surface area contributed by atoms with E-state index in [4.69, 9.17) is 0 Å². The Balaban J connectivity index is 2.03. The summed E-state index contributed by atoms with van der Waals surface area (Å²) in [5, 5.41) is 10.5. The number of thioether (sulfide) groups is 2. The second kappa shape index (κ2) is 5.98. The molecule has 1 aliphatic heterocycles. The minimum absolute atomic E-state index is 0.260. The summed E-state index contributed by atoms with van der Waals surface area (Å²) in [6.07, 6.45) is 5.19. The van der Waals surface area contributed by atoms with Crippen LogP contribution in [-0.2, 0) is 0 Å². The molecule has 0 spiro atoms. The molecule has 1 nitrogen and oxygen atoms in total. The molecular weight excluding hydrogens is 248 g/mol. The van der Waals surface area contributed by atoms with Gasteiger partial charge in [-0.15, -0.1) is 23.5 Å². The van der Waals surface area contributed by atoms with Gasteiger partial charge < -0.3 is 5.11 Å². The summed E-state index contributed by atoms with van der Waals surface area (Å²) in [5.41, 5.74) is 0.407. The quantitative estimate of drug-likeness (QED) is 0.902. The molecule has 1 heterocycles. The van der Waals surface area contributed by atoms with Crippen molar-refractivity contribution in [2.45, 2.75) is 23.5 Å². The fourth-order valence-electron chi connectivity index (χ4n) is 1.73. The van der Waals surface area contributed by atoms with E-state index in [1.807, 2.05) is 72.9 Å². The van der Waals surface area contributed by atoms with Gasteiger partial charge in [-0.3, -0.25) is 0 Å². The molecule has 0 aromatic heterocycles. The predicted octanol–water partition coefficient (Wildman–Crippen LogP) is 3.65. The van der Waals surface area contributed by atoms with E-state index >= 15 is 0 Å². The Morgan fingerprint density at radius 3 is 2.53 bits per heavy atom. The Hall–Kier alpha value is -0.380. The van der Waals surface area contributed by atoms with Crippen molar-refractivity contribution in [3.8, 4) is 0 Å². The maximum absolute atomic E-state index is 10.5. The van der Waals surface area contributed by atoms with Crippen LogP contribution >= 0.6 is 23.5 Å². The third-order valence-corrected chi connectivity index (χ3v) is 6.14. The van der Waals surface area contributed by atoms with Gasteiger partial charge in [0.1, 0.15) is 5.60 Å². The molecule has 1 unspecified atom stereocenters. The smallest absolute Gasteiger partial charge is 0.101 e. The van der Waals surface area contributed by atoms with Crippen molar-refractivity contribution in [1.29, 1.82) is 0 Å². The van der Waals surface area contributed by atoms with E-state index in [-0.39, 0.29) is 4.58 Å². The molecule has 0 amide bonds. The second-order valence-corrected chi connectivity index (χ2v) is 7.12. The highest BCUT2D eigenvalue weighted by molar-refractivity contribution is 8.17. The third kappa shape index (κ3) is 3.80. The maximum Gasteiger partial charge on any atom is 0.101 e. The molecule has 1 aromatic carbocycles. The van der Waals surface area contributed by atoms with E-state index in [0.29, 0.717) is 0 Å². The minimum atomic E-state index is -0.731. The molecule has 17 heavy (non-hydrogen) atoms. The van der Waals surface area contributed by atoms with Crippen LogP contribution in [0.4, 0.5) is 0 Å². The molecule has 1 aliphatic rings. The lowest BCUT2D eigenvalue weighted by atomic mass is 10.1. The zero-order chi connectivity index (χ0) is 12.1. The summed E-state index contributed by atoms with van der Waals surface area (Å²) in [6.45, 7) is 1.91. The summed E-state index contributed by atoms with van der Waals surface area (Å²) in [4.78, 5) is 0. The first-order chi connectivity index (χ1) is 8.18.